The average molecular weight is 390 g/mol. The van der Waals surface area contributed by atoms with Crippen molar-refractivity contribution in [1.29, 1.82) is 0 Å². The molecule has 10 nitrogen and oxygen atoms in total. The fourth-order valence-electron chi connectivity index (χ4n) is 2.25. The Morgan fingerprint density at radius 1 is 1.11 bits per heavy atom. The number of nitrogens with zero attached hydrogens (tertiary/aromatic N) is 1. The Balaban J connectivity index is 2.37. The number of amides is 1. The first-order chi connectivity index (χ1) is 13.4. The summed E-state index contributed by atoms with van der Waals surface area (Å²) in [6, 6.07) is 7.80. The lowest BCUT2D eigenvalue weighted by molar-refractivity contribution is -0.385. The van der Waals surface area contributed by atoms with E-state index in [0.717, 1.165) is 12.1 Å². The molecule has 0 unspecified atom stereocenters. The molecule has 2 N–H and O–H groups in total. The molecule has 0 fully saturated rings. The number of ether oxygens (including phenoxy) is 4. The van der Waals surface area contributed by atoms with Gasteiger partial charge >= 0.3 is 5.97 Å². The third kappa shape index (κ3) is 4.95. The van der Waals surface area contributed by atoms with Crippen LogP contribution in [0, 0.1) is 10.1 Å². The smallest absolute Gasteiger partial charge is 0.350 e. The van der Waals surface area contributed by atoms with E-state index in [2.05, 4.69) is 0 Å². The van der Waals surface area contributed by atoms with Gasteiger partial charge in [0.1, 0.15) is 17.9 Å². The second-order valence-electron chi connectivity index (χ2n) is 5.40. The number of carbonyl (C=O) groups is 2. The molecule has 0 aliphatic rings. The van der Waals surface area contributed by atoms with Crippen LogP contribution in [0.2, 0.25) is 0 Å². The SMILES string of the molecule is COCCOc1cc([N+](=O)[O-])c(C(=O)Oc2cccc(C(N)=O)c2)cc1OC. The van der Waals surface area contributed by atoms with Gasteiger partial charge in [-0.05, 0) is 18.2 Å². The molecule has 0 atom stereocenters. The molecule has 148 valence electrons. The van der Waals surface area contributed by atoms with E-state index in [1.54, 1.807) is 0 Å². The number of methoxy groups -OCH3 is 2. The summed E-state index contributed by atoms with van der Waals surface area (Å²) in [6.45, 7) is 0.394. The fraction of sp³-hybridized carbons (Fsp3) is 0.222. The number of nitro groups is 1. The monoisotopic (exact) mass is 390 g/mol. The summed E-state index contributed by atoms with van der Waals surface area (Å²) < 4.78 is 20.6. The fourth-order valence-corrected chi connectivity index (χ4v) is 2.25. The first-order valence-corrected chi connectivity index (χ1v) is 7.97. The molecule has 0 saturated heterocycles. The van der Waals surface area contributed by atoms with Crippen LogP contribution >= 0.6 is 0 Å². The number of primary amides is 1. The lowest BCUT2D eigenvalue weighted by atomic mass is 10.1. The predicted molar refractivity (Wildman–Crippen MR) is 96.9 cm³/mol. The standard InChI is InChI=1S/C18H18N2O8/c1-25-6-7-27-16-10-14(20(23)24)13(9-15(16)26-2)18(22)28-12-5-3-4-11(8-12)17(19)21/h3-5,8-10H,6-7H2,1-2H3,(H2,19,21). The van der Waals surface area contributed by atoms with Gasteiger partial charge in [0.2, 0.25) is 5.91 Å². The highest BCUT2D eigenvalue weighted by Crippen LogP contribution is 2.35. The van der Waals surface area contributed by atoms with Crippen LogP contribution < -0.4 is 19.9 Å². The van der Waals surface area contributed by atoms with Crippen molar-refractivity contribution in [1.82, 2.24) is 0 Å². The van der Waals surface area contributed by atoms with E-state index in [1.807, 2.05) is 0 Å². The van der Waals surface area contributed by atoms with E-state index < -0.39 is 22.5 Å². The molecule has 2 aromatic carbocycles. The number of benzene rings is 2. The van der Waals surface area contributed by atoms with Gasteiger partial charge in [-0.25, -0.2) is 4.79 Å². The van der Waals surface area contributed by atoms with Crippen LogP contribution in [0.5, 0.6) is 17.2 Å². The Kier molecular flexibility index (Phi) is 6.88. The number of nitro benzene ring substituents is 1. The van der Waals surface area contributed by atoms with Crippen molar-refractivity contribution in [3.8, 4) is 17.2 Å². The van der Waals surface area contributed by atoms with Gasteiger partial charge in [-0.1, -0.05) is 6.07 Å². The maximum absolute atomic E-state index is 12.5. The number of nitrogens with two attached hydrogens (primary N) is 1. The molecule has 2 rings (SSSR count). The second kappa shape index (κ2) is 9.33. The highest BCUT2D eigenvalue weighted by molar-refractivity contribution is 5.97. The van der Waals surface area contributed by atoms with Gasteiger partial charge in [-0.15, -0.1) is 0 Å². The average Bonchev–Trinajstić information content (AvgIpc) is 2.67. The van der Waals surface area contributed by atoms with Gasteiger partial charge in [0.05, 0.1) is 24.7 Å². The summed E-state index contributed by atoms with van der Waals surface area (Å²) in [5.74, 6) is -1.51. The highest BCUT2D eigenvalue weighted by Gasteiger charge is 2.26. The van der Waals surface area contributed by atoms with E-state index in [0.29, 0.717) is 0 Å². The van der Waals surface area contributed by atoms with Crippen LogP contribution in [-0.2, 0) is 4.74 Å². The third-order valence-corrected chi connectivity index (χ3v) is 3.57. The molecule has 0 heterocycles. The molecule has 0 spiro atoms. The largest absolute Gasteiger partial charge is 0.493 e. The molecule has 28 heavy (non-hydrogen) atoms. The Labute approximate surface area is 159 Å². The van der Waals surface area contributed by atoms with Crippen LogP contribution in [0.3, 0.4) is 0 Å². The van der Waals surface area contributed by atoms with Gasteiger partial charge in [0.15, 0.2) is 11.5 Å². The molecule has 1 amide bonds. The number of hydrogen-bond donors (Lipinski definition) is 1. The van der Waals surface area contributed by atoms with Crippen LogP contribution in [0.25, 0.3) is 0 Å². The molecule has 10 heteroatoms. The summed E-state index contributed by atoms with van der Waals surface area (Å²) in [5.41, 5.74) is 4.44. The number of rotatable bonds is 9. The molecule has 0 aromatic heterocycles. The molecule has 0 bridgehead atoms. The molecular weight excluding hydrogens is 372 g/mol. The Hall–Kier alpha value is -3.66. The van der Waals surface area contributed by atoms with Gasteiger partial charge in [0, 0.05) is 18.7 Å². The lowest BCUT2D eigenvalue weighted by Crippen LogP contribution is -2.14. The zero-order valence-electron chi connectivity index (χ0n) is 15.2. The number of esters is 1. The van der Waals surface area contributed by atoms with E-state index in [-0.39, 0.29) is 41.6 Å². The molecule has 0 aliphatic heterocycles. The third-order valence-electron chi connectivity index (χ3n) is 3.57. The van der Waals surface area contributed by atoms with E-state index in [1.165, 1.54) is 38.5 Å². The number of hydrogen-bond acceptors (Lipinski definition) is 8. The Bertz CT molecular complexity index is 897. The zero-order chi connectivity index (χ0) is 20.7. The van der Waals surface area contributed by atoms with E-state index in [9.17, 15) is 19.7 Å². The molecule has 2 aromatic rings. The lowest BCUT2D eigenvalue weighted by Gasteiger charge is -2.12. The topological polar surface area (TPSA) is 140 Å². The zero-order valence-corrected chi connectivity index (χ0v) is 15.2. The highest BCUT2D eigenvalue weighted by atomic mass is 16.6. The van der Waals surface area contributed by atoms with Crippen molar-refractivity contribution < 1.29 is 33.5 Å². The van der Waals surface area contributed by atoms with Gasteiger partial charge in [-0.3, -0.25) is 14.9 Å². The molecule has 0 radical (unpaired) electrons. The van der Waals surface area contributed by atoms with Crippen molar-refractivity contribution >= 4 is 17.6 Å². The quantitative estimate of drug-likeness (QED) is 0.225. The summed E-state index contributed by atoms with van der Waals surface area (Å²) in [7, 11) is 2.81. The molecular formula is C18H18N2O8. The van der Waals surface area contributed by atoms with Crippen molar-refractivity contribution in [2.24, 2.45) is 5.73 Å². The minimum absolute atomic E-state index is 0.00925. The maximum atomic E-state index is 12.5. The summed E-state index contributed by atoms with van der Waals surface area (Å²) >= 11 is 0. The minimum Gasteiger partial charge on any atom is -0.493 e. The van der Waals surface area contributed by atoms with Crippen molar-refractivity contribution in [3.63, 3.8) is 0 Å². The first kappa shape index (κ1) is 20.6. The second-order valence-corrected chi connectivity index (χ2v) is 5.40. The molecule has 0 aliphatic carbocycles. The van der Waals surface area contributed by atoms with E-state index in [4.69, 9.17) is 24.7 Å². The first-order valence-electron chi connectivity index (χ1n) is 7.97. The van der Waals surface area contributed by atoms with Crippen LogP contribution in [-0.4, -0.2) is 44.2 Å². The van der Waals surface area contributed by atoms with Crippen LogP contribution in [0.4, 0.5) is 5.69 Å². The van der Waals surface area contributed by atoms with Crippen molar-refractivity contribution in [3.05, 3.63) is 57.6 Å². The van der Waals surface area contributed by atoms with Crippen molar-refractivity contribution in [2.75, 3.05) is 27.4 Å². The minimum atomic E-state index is -1.00. The summed E-state index contributed by atoms with van der Waals surface area (Å²) in [5, 5.41) is 11.4. The van der Waals surface area contributed by atoms with Gasteiger partial charge in [0.25, 0.3) is 5.69 Å². The van der Waals surface area contributed by atoms with Crippen molar-refractivity contribution in [2.45, 2.75) is 0 Å². The predicted octanol–water partition coefficient (Wildman–Crippen LogP) is 1.95. The molecule has 0 saturated carbocycles. The van der Waals surface area contributed by atoms with E-state index >= 15 is 0 Å². The maximum Gasteiger partial charge on any atom is 0.350 e. The van der Waals surface area contributed by atoms with Crippen LogP contribution in [0.1, 0.15) is 20.7 Å². The Morgan fingerprint density at radius 3 is 2.46 bits per heavy atom. The number of carbonyl (C=O) groups excluding carboxylic acids is 2. The van der Waals surface area contributed by atoms with Gasteiger partial charge in [-0.2, -0.15) is 0 Å². The van der Waals surface area contributed by atoms with Gasteiger partial charge < -0.3 is 24.7 Å². The Morgan fingerprint density at radius 2 is 1.86 bits per heavy atom. The normalized spacial score (nSPS) is 10.2. The summed E-state index contributed by atoms with van der Waals surface area (Å²) in [6.07, 6.45) is 0. The van der Waals surface area contributed by atoms with Crippen LogP contribution in [0.15, 0.2) is 36.4 Å². The summed E-state index contributed by atoms with van der Waals surface area (Å²) in [4.78, 5) is 34.4.